The molecule has 2 heteroatoms. The molecule has 0 aliphatic carbocycles. The Morgan fingerprint density at radius 1 is 1.24 bits per heavy atom. The van der Waals surface area contributed by atoms with Crippen LogP contribution < -0.4 is 5.32 Å². The lowest BCUT2D eigenvalue weighted by Gasteiger charge is -2.25. The van der Waals surface area contributed by atoms with Crippen molar-refractivity contribution in [2.45, 2.75) is 46.0 Å². The van der Waals surface area contributed by atoms with Gasteiger partial charge in [-0.05, 0) is 24.3 Å². The van der Waals surface area contributed by atoms with Crippen LogP contribution in [0, 0.1) is 6.92 Å². The number of hydrogen-bond donors (Lipinski definition) is 1. The molecule has 0 saturated heterocycles. The lowest BCUT2D eigenvalue weighted by atomic mass is 9.81. The zero-order chi connectivity index (χ0) is 12.9. The van der Waals surface area contributed by atoms with Crippen LogP contribution >= 0.6 is 0 Å². The number of carbonyl (C=O) groups excluding carboxylic acids is 1. The van der Waals surface area contributed by atoms with E-state index in [-0.39, 0.29) is 11.3 Å². The fraction of sp³-hybridized carbons (Fsp3) is 0.533. The van der Waals surface area contributed by atoms with Crippen LogP contribution in [-0.4, -0.2) is 12.5 Å². The minimum absolute atomic E-state index is 0.106. The van der Waals surface area contributed by atoms with E-state index in [0.29, 0.717) is 6.42 Å². The Hall–Kier alpha value is -1.31. The predicted octanol–water partition coefficient (Wildman–Crippen LogP) is 3.19. The smallest absolute Gasteiger partial charge is 0.219 e. The lowest BCUT2D eigenvalue weighted by molar-refractivity contribution is -0.120. The van der Waals surface area contributed by atoms with E-state index >= 15 is 0 Å². The van der Waals surface area contributed by atoms with Crippen LogP contribution in [0.25, 0.3) is 0 Å². The summed E-state index contributed by atoms with van der Waals surface area (Å²) in [5.74, 6) is 0.129. The largest absolute Gasteiger partial charge is 0.356 e. The molecule has 1 rings (SSSR count). The highest BCUT2D eigenvalue weighted by Crippen LogP contribution is 2.26. The predicted molar refractivity (Wildman–Crippen MR) is 72.1 cm³/mol. The molecule has 0 unspecified atom stereocenters. The van der Waals surface area contributed by atoms with Gasteiger partial charge in [0.1, 0.15) is 0 Å². The Morgan fingerprint density at radius 2 is 1.82 bits per heavy atom. The standard InChI is InChI=1S/C15H23NO/c1-5-14(17)16-11-10-15(3,4)13-8-6-12(2)7-9-13/h6-9H,5,10-11H2,1-4H3,(H,16,17). The van der Waals surface area contributed by atoms with Crippen LogP contribution in [0.5, 0.6) is 0 Å². The van der Waals surface area contributed by atoms with Gasteiger partial charge in [-0.15, -0.1) is 0 Å². The first-order valence-electron chi connectivity index (χ1n) is 6.29. The van der Waals surface area contributed by atoms with Crippen LogP contribution in [0.1, 0.15) is 44.7 Å². The average molecular weight is 233 g/mol. The quantitative estimate of drug-likeness (QED) is 0.831. The lowest BCUT2D eigenvalue weighted by Crippen LogP contribution is -2.29. The molecule has 1 aromatic rings. The van der Waals surface area contributed by atoms with Gasteiger partial charge in [0, 0.05) is 13.0 Å². The summed E-state index contributed by atoms with van der Waals surface area (Å²) in [5, 5.41) is 2.93. The van der Waals surface area contributed by atoms with E-state index in [1.54, 1.807) is 0 Å². The van der Waals surface area contributed by atoms with Gasteiger partial charge in [-0.25, -0.2) is 0 Å². The molecule has 0 fully saturated rings. The summed E-state index contributed by atoms with van der Waals surface area (Å²) in [6.45, 7) is 9.15. The number of hydrogen-bond acceptors (Lipinski definition) is 1. The number of amides is 1. The Kier molecular flexibility index (Phi) is 4.73. The first-order chi connectivity index (χ1) is 7.95. The van der Waals surface area contributed by atoms with Crippen molar-refractivity contribution in [3.8, 4) is 0 Å². The fourth-order valence-corrected chi connectivity index (χ4v) is 1.79. The maximum atomic E-state index is 11.2. The second-order valence-corrected chi connectivity index (χ2v) is 5.20. The summed E-state index contributed by atoms with van der Waals surface area (Å²) in [6.07, 6.45) is 1.52. The molecular formula is C15H23NO. The van der Waals surface area contributed by atoms with Gasteiger partial charge in [-0.1, -0.05) is 50.6 Å². The topological polar surface area (TPSA) is 29.1 Å². The zero-order valence-corrected chi connectivity index (χ0v) is 11.3. The number of aryl methyl sites for hydroxylation is 1. The van der Waals surface area contributed by atoms with E-state index in [1.165, 1.54) is 11.1 Å². The van der Waals surface area contributed by atoms with Crippen molar-refractivity contribution >= 4 is 5.91 Å². The van der Waals surface area contributed by atoms with E-state index < -0.39 is 0 Å². The number of rotatable bonds is 5. The maximum Gasteiger partial charge on any atom is 0.219 e. The Labute approximate surface area is 104 Å². The van der Waals surface area contributed by atoms with Crippen molar-refractivity contribution in [3.05, 3.63) is 35.4 Å². The van der Waals surface area contributed by atoms with E-state index in [4.69, 9.17) is 0 Å². The van der Waals surface area contributed by atoms with Gasteiger partial charge < -0.3 is 5.32 Å². The molecule has 0 aliphatic heterocycles. The normalized spacial score (nSPS) is 11.3. The highest BCUT2D eigenvalue weighted by molar-refractivity contribution is 5.75. The molecule has 1 aromatic carbocycles. The van der Waals surface area contributed by atoms with Gasteiger partial charge in [0.2, 0.25) is 5.91 Å². The van der Waals surface area contributed by atoms with Gasteiger partial charge >= 0.3 is 0 Å². The molecule has 0 spiro atoms. The SMILES string of the molecule is CCC(=O)NCCC(C)(C)c1ccc(C)cc1. The van der Waals surface area contributed by atoms with Crippen LogP contribution in [0.15, 0.2) is 24.3 Å². The number of carbonyl (C=O) groups is 1. The summed E-state index contributed by atoms with van der Waals surface area (Å²) in [7, 11) is 0. The first kappa shape index (κ1) is 13.8. The third-order valence-corrected chi connectivity index (χ3v) is 3.23. The van der Waals surface area contributed by atoms with E-state index in [1.807, 2.05) is 6.92 Å². The molecule has 2 nitrogen and oxygen atoms in total. The van der Waals surface area contributed by atoms with Crippen molar-refractivity contribution in [3.63, 3.8) is 0 Å². The van der Waals surface area contributed by atoms with Crippen LogP contribution in [0.2, 0.25) is 0 Å². The van der Waals surface area contributed by atoms with Crippen LogP contribution in [-0.2, 0) is 10.2 Å². The van der Waals surface area contributed by atoms with Gasteiger partial charge in [0.05, 0.1) is 0 Å². The molecule has 94 valence electrons. The highest BCUT2D eigenvalue weighted by Gasteiger charge is 2.19. The molecule has 0 aliphatic rings. The van der Waals surface area contributed by atoms with E-state index in [9.17, 15) is 4.79 Å². The van der Waals surface area contributed by atoms with Crippen LogP contribution in [0.4, 0.5) is 0 Å². The van der Waals surface area contributed by atoms with Gasteiger partial charge in [-0.3, -0.25) is 4.79 Å². The van der Waals surface area contributed by atoms with Gasteiger partial charge in [0.15, 0.2) is 0 Å². The van der Waals surface area contributed by atoms with Crippen molar-refractivity contribution in [1.82, 2.24) is 5.32 Å². The summed E-state index contributed by atoms with van der Waals surface area (Å²) in [5.41, 5.74) is 2.71. The van der Waals surface area contributed by atoms with Crippen molar-refractivity contribution in [2.75, 3.05) is 6.54 Å². The second kappa shape index (κ2) is 5.85. The summed E-state index contributed by atoms with van der Waals surface area (Å²) >= 11 is 0. The molecule has 1 amide bonds. The van der Waals surface area contributed by atoms with Crippen molar-refractivity contribution < 1.29 is 4.79 Å². The third-order valence-electron chi connectivity index (χ3n) is 3.23. The Morgan fingerprint density at radius 3 is 2.35 bits per heavy atom. The van der Waals surface area contributed by atoms with Crippen molar-refractivity contribution in [1.29, 1.82) is 0 Å². The Balaban J connectivity index is 2.56. The molecule has 1 N–H and O–H groups in total. The second-order valence-electron chi connectivity index (χ2n) is 5.20. The number of nitrogens with one attached hydrogen (secondary N) is 1. The molecule has 17 heavy (non-hydrogen) atoms. The first-order valence-corrected chi connectivity index (χ1v) is 6.29. The summed E-state index contributed by atoms with van der Waals surface area (Å²) < 4.78 is 0. The number of benzene rings is 1. The highest BCUT2D eigenvalue weighted by atomic mass is 16.1. The maximum absolute atomic E-state index is 11.2. The van der Waals surface area contributed by atoms with Crippen molar-refractivity contribution in [2.24, 2.45) is 0 Å². The van der Waals surface area contributed by atoms with Gasteiger partial charge in [0.25, 0.3) is 0 Å². The molecule has 0 atom stereocenters. The van der Waals surface area contributed by atoms with E-state index in [0.717, 1.165) is 13.0 Å². The molecule has 0 bridgehead atoms. The molecule has 0 aromatic heterocycles. The molecule has 0 radical (unpaired) electrons. The summed E-state index contributed by atoms with van der Waals surface area (Å²) in [4.78, 5) is 11.2. The molecular weight excluding hydrogens is 210 g/mol. The monoisotopic (exact) mass is 233 g/mol. The fourth-order valence-electron chi connectivity index (χ4n) is 1.79. The molecule has 0 saturated carbocycles. The average Bonchev–Trinajstić information content (AvgIpc) is 2.29. The van der Waals surface area contributed by atoms with E-state index in [2.05, 4.69) is 50.4 Å². The third kappa shape index (κ3) is 4.22. The minimum atomic E-state index is 0.106. The zero-order valence-electron chi connectivity index (χ0n) is 11.3. The summed E-state index contributed by atoms with van der Waals surface area (Å²) in [6, 6.07) is 8.64. The molecule has 0 heterocycles. The van der Waals surface area contributed by atoms with Crippen LogP contribution in [0.3, 0.4) is 0 Å². The minimum Gasteiger partial charge on any atom is -0.356 e. The van der Waals surface area contributed by atoms with Gasteiger partial charge in [-0.2, -0.15) is 0 Å². The Bertz CT molecular complexity index is 365.